The van der Waals surface area contributed by atoms with Gasteiger partial charge in [-0.1, -0.05) is 0 Å². The molecule has 18 heavy (non-hydrogen) atoms. The zero-order valence-corrected chi connectivity index (χ0v) is 10.6. The summed E-state index contributed by atoms with van der Waals surface area (Å²) in [4.78, 5) is 27.3. The number of carbonyl (C=O) groups excluding carboxylic acids is 2. The number of amides is 1. The molecular formula is C13H17NO4. The van der Waals surface area contributed by atoms with Gasteiger partial charge in [0.1, 0.15) is 5.75 Å². The number of ether oxygens (including phenoxy) is 1. The molecule has 0 aliphatic heterocycles. The maximum atomic E-state index is 11.8. The highest BCUT2D eigenvalue weighted by molar-refractivity contribution is 5.97. The summed E-state index contributed by atoms with van der Waals surface area (Å²) >= 11 is 0. The smallest absolute Gasteiger partial charge is 0.243 e. The maximum Gasteiger partial charge on any atom is 0.243 e. The number of hydrogen-bond acceptors (Lipinski definition) is 4. The van der Waals surface area contributed by atoms with E-state index in [0.717, 1.165) is 5.75 Å². The monoisotopic (exact) mass is 251 g/mol. The second kappa shape index (κ2) is 7.45. The van der Waals surface area contributed by atoms with Crippen molar-refractivity contribution in [1.82, 2.24) is 5.48 Å². The summed E-state index contributed by atoms with van der Waals surface area (Å²) in [5, 5.41) is 0. The highest BCUT2D eigenvalue weighted by Crippen LogP contribution is 2.13. The third kappa shape index (κ3) is 4.55. The number of benzene rings is 1. The van der Waals surface area contributed by atoms with Crippen molar-refractivity contribution in [2.24, 2.45) is 0 Å². The van der Waals surface area contributed by atoms with E-state index in [1.54, 1.807) is 24.3 Å². The lowest BCUT2D eigenvalue weighted by atomic mass is 10.1. The number of nitrogens with one attached hydrogen (secondary N) is 1. The fraction of sp³-hybridized carbons (Fsp3) is 0.385. The average Bonchev–Trinajstić information content (AvgIpc) is 2.37. The third-order valence-corrected chi connectivity index (χ3v) is 2.28. The van der Waals surface area contributed by atoms with Gasteiger partial charge in [-0.2, -0.15) is 0 Å². The van der Waals surface area contributed by atoms with Gasteiger partial charge >= 0.3 is 0 Å². The van der Waals surface area contributed by atoms with Gasteiger partial charge in [0.05, 0.1) is 13.7 Å². The zero-order valence-electron chi connectivity index (χ0n) is 10.6. The molecule has 1 N–H and O–H groups in total. The fourth-order valence-electron chi connectivity index (χ4n) is 1.44. The summed E-state index contributed by atoms with van der Waals surface area (Å²) in [7, 11) is 1.35. The van der Waals surface area contributed by atoms with Gasteiger partial charge in [0, 0.05) is 18.4 Å². The molecule has 0 aliphatic rings. The average molecular weight is 251 g/mol. The van der Waals surface area contributed by atoms with E-state index in [-0.39, 0.29) is 24.5 Å². The molecule has 0 heterocycles. The molecule has 1 aromatic rings. The SMILES string of the molecule is CCOc1ccc(C(=O)CCC(=O)NOC)cc1. The van der Waals surface area contributed by atoms with E-state index in [1.807, 2.05) is 6.92 Å². The van der Waals surface area contributed by atoms with Crippen LogP contribution in [-0.2, 0) is 9.63 Å². The second-order valence-electron chi connectivity index (χ2n) is 3.61. The van der Waals surface area contributed by atoms with Crippen molar-refractivity contribution >= 4 is 11.7 Å². The molecule has 0 aromatic heterocycles. The normalized spacial score (nSPS) is 9.89. The predicted octanol–water partition coefficient (Wildman–Crippen LogP) is 1.73. The largest absolute Gasteiger partial charge is 0.494 e. The van der Waals surface area contributed by atoms with Gasteiger partial charge in [0.15, 0.2) is 5.78 Å². The van der Waals surface area contributed by atoms with E-state index < -0.39 is 0 Å². The Morgan fingerprint density at radius 1 is 1.17 bits per heavy atom. The molecule has 98 valence electrons. The molecule has 1 amide bonds. The summed E-state index contributed by atoms with van der Waals surface area (Å²) in [6.07, 6.45) is 0.267. The molecule has 0 radical (unpaired) electrons. The van der Waals surface area contributed by atoms with Crippen molar-refractivity contribution in [2.45, 2.75) is 19.8 Å². The first-order valence-electron chi connectivity index (χ1n) is 5.75. The molecule has 5 nitrogen and oxygen atoms in total. The van der Waals surface area contributed by atoms with E-state index in [4.69, 9.17) is 4.74 Å². The van der Waals surface area contributed by atoms with Crippen LogP contribution in [0, 0.1) is 0 Å². The van der Waals surface area contributed by atoms with Crippen LogP contribution < -0.4 is 10.2 Å². The van der Waals surface area contributed by atoms with Crippen molar-refractivity contribution in [3.63, 3.8) is 0 Å². The van der Waals surface area contributed by atoms with Crippen LogP contribution >= 0.6 is 0 Å². The number of ketones is 1. The van der Waals surface area contributed by atoms with Crippen molar-refractivity contribution in [1.29, 1.82) is 0 Å². The lowest BCUT2D eigenvalue weighted by molar-refractivity contribution is -0.131. The lowest BCUT2D eigenvalue weighted by Gasteiger charge is -2.04. The molecule has 0 atom stereocenters. The fourth-order valence-corrected chi connectivity index (χ4v) is 1.44. The first kappa shape index (κ1) is 14.2. The molecule has 5 heteroatoms. The molecule has 0 spiro atoms. The minimum atomic E-state index is -0.309. The van der Waals surface area contributed by atoms with Crippen LogP contribution in [0.1, 0.15) is 30.1 Å². The van der Waals surface area contributed by atoms with E-state index in [1.165, 1.54) is 7.11 Å². The Morgan fingerprint density at radius 2 is 1.83 bits per heavy atom. The van der Waals surface area contributed by atoms with Gasteiger partial charge in [0.2, 0.25) is 5.91 Å². The Labute approximate surface area is 106 Å². The summed E-state index contributed by atoms with van der Waals surface area (Å²) < 4.78 is 5.28. The van der Waals surface area contributed by atoms with Gasteiger partial charge in [-0.05, 0) is 31.2 Å². The molecule has 1 aromatic carbocycles. The van der Waals surface area contributed by atoms with Crippen molar-refractivity contribution in [3.8, 4) is 5.75 Å². The Balaban J connectivity index is 2.48. The van der Waals surface area contributed by atoms with Crippen molar-refractivity contribution in [3.05, 3.63) is 29.8 Å². The van der Waals surface area contributed by atoms with Crippen LogP contribution in [0.2, 0.25) is 0 Å². The van der Waals surface area contributed by atoms with Gasteiger partial charge in [-0.3, -0.25) is 14.4 Å². The van der Waals surface area contributed by atoms with Crippen LogP contribution in [0.15, 0.2) is 24.3 Å². The molecular weight excluding hydrogens is 234 g/mol. The highest BCUT2D eigenvalue weighted by Gasteiger charge is 2.09. The summed E-state index contributed by atoms with van der Waals surface area (Å²) in [5.41, 5.74) is 2.74. The number of carbonyl (C=O) groups is 2. The Bertz CT molecular complexity index is 400. The van der Waals surface area contributed by atoms with Crippen molar-refractivity contribution < 1.29 is 19.2 Å². The molecule has 0 unspecified atom stereocenters. The molecule has 0 fully saturated rings. The van der Waals surface area contributed by atoms with E-state index in [0.29, 0.717) is 12.2 Å². The Hall–Kier alpha value is -1.88. The van der Waals surface area contributed by atoms with Crippen LogP contribution in [0.25, 0.3) is 0 Å². The van der Waals surface area contributed by atoms with Gasteiger partial charge < -0.3 is 4.74 Å². The molecule has 0 bridgehead atoms. The van der Waals surface area contributed by atoms with Crippen LogP contribution in [0.5, 0.6) is 5.75 Å². The van der Waals surface area contributed by atoms with Gasteiger partial charge in [-0.25, -0.2) is 5.48 Å². The number of rotatable bonds is 7. The molecule has 1 rings (SSSR count). The molecule has 0 aliphatic carbocycles. The number of hydroxylamine groups is 1. The van der Waals surface area contributed by atoms with Crippen LogP contribution in [-0.4, -0.2) is 25.4 Å². The molecule has 0 saturated heterocycles. The topological polar surface area (TPSA) is 64.6 Å². The second-order valence-corrected chi connectivity index (χ2v) is 3.61. The minimum Gasteiger partial charge on any atom is -0.494 e. The van der Waals surface area contributed by atoms with E-state index in [9.17, 15) is 9.59 Å². The maximum absolute atomic E-state index is 11.8. The van der Waals surface area contributed by atoms with Crippen LogP contribution in [0.3, 0.4) is 0 Å². The van der Waals surface area contributed by atoms with Gasteiger partial charge in [-0.15, -0.1) is 0 Å². The minimum absolute atomic E-state index is 0.0794. The number of hydrogen-bond donors (Lipinski definition) is 1. The quantitative estimate of drug-likeness (QED) is 0.592. The summed E-state index contributed by atoms with van der Waals surface area (Å²) in [5.74, 6) is 0.340. The Morgan fingerprint density at radius 3 is 2.39 bits per heavy atom. The summed E-state index contributed by atoms with van der Waals surface area (Å²) in [6.45, 7) is 2.48. The molecule has 0 saturated carbocycles. The first-order valence-corrected chi connectivity index (χ1v) is 5.75. The third-order valence-electron chi connectivity index (χ3n) is 2.28. The lowest BCUT2D eigenvalue weighted by Crippen LogP contribution is -2.22. The van der Waals surface area contributed by atoms with E-state index >= 15 is 0 Å². The Kier molecular flexibility index (Phi) is 5.87. The standard InChI is InChI=1S/C13H17NO4/c1-3-18-11-6-4-10(5-7-11)12(15)8-9-13(16)14-17-2/h4-7H,3,8-9H2,1-2H3,(H,14,16). The zero-order chi connectivity index (χ0) is 13.4. The van der Waals surface area contributed by atoms with Crippen LogP contribution in [0.4, 0.5) is 0 Å². The highest BCUT2D eigenvalue weighted by atomic mass is 16.6. The first-order chi connectivity index (χ1) is 8.67. The predicted molar refractivity (Wildman–Crippen MR) is 66.3 cm³/mol. The number of Topliss-reactive ketones (excluding diaryl/α,β-unsaturated/α-hetero) is 1. The van der Waals surface area contributed by atoms with Crippen molar-refractivity contribution in [2.75, 3.05) is 13.7 Å². The summed E-state index contributed by atoms with van der Waals surface area (Å²) in [6, 6.07) is 6.88. The van der Waals surface area contributed by atoms with E-state index in [2.05, 4.69) is 10.3 Å². The van der Waals surface area contributed by atoms with Gasteiger partial charge in [0.25, 0.3) is 0 Å².